The molecule has 1 aliphatic rings. The number of aromatic nitrogens is 1. The summed E-state index contributed by atoms with van der Waals surface area (Å²) in [4.78, 5) is 15.9. The summed E-state index contributed by atoms with van der Waals surface area (Å²) in [5.74, 6) is -0.0525. The Hall–Kier alpha value is -1.38. The van der Waals surface area contributed by atoms with E-state index in [-0.39, 0.29) is 5.91 Å². The summed E-state index contributed by atoms with van der Waals surface area (Å²) in [6.07, 6.45) is 4.96. The lowest BCUT2D eigenvalue weighted by Gasteiger charge is -2.17. The molecule has 1 amide bonds. The molecule has 1 atom stereocenters. The molecule has 3 heteroatoms. The van der Waals surface area contributed by atoms with Crippen LogP contribution in [0.3, 0.4) is 0 Å². The Morgan fingerprint density at radius 2 is 2.31 bits per heavy atom. The Morgan fingerprint density at radius 3 is 2.88 bits per heavy atom. The Bertz CT molecular complexity index is 373. The number of hydrogen-bond acceptors (Lipinski definition) is 2. The highest BCUT2D eigenvalue weighted by molar-refractivity contribution is 5.92. The van der Waals surface area contributed by atoms with E-state index in [2.05, 4.69) is 24.1 Å². The molecule has 1 aromatic rings. The molecule has 86 valence electrons. The smallest absolute Gasteiger partial charge is 0.270 e. The van der Waals surface area contributed by atoms with Gasteiger partial charge in [-0.25, -0.2) is 0 Å². The van der Waals surface area contributed by atoms with Crippen molar-refractivity contribution in [3.63, 3.8) is 0 Å². The Labute approximate surface area is 96.3 Å². The summed E-state index contributed by atoms with van der Waals surface area (Å²) in [6.45, 7) is 4.50. The quantitative estimate of drug-likeness (QED) is 0.828. The van der Waals surface area contributed by atoms with Gasteiger partial charge in [0.1, 0.15) is 5.69 Å². The first kappa shape index (κ1) is 11.1. The van der Waals surface area contributed by atoms with Gasteiger partial charge in [-0.15, -0.1) is 0 Å². The molecule has 1 N–H and O–H groups in total. The van der Waals surface area contributed by atoms with E-state index in [9.17, 15) is 4.79 Å². The number of nitrogens with zero attached hydrogens (tertiary/aromatic N) is 1. The summed E-state index contributed by atoms with van der Waals surface area (Å²) in [6, 6.07) is 5.70. The highest BCUT2D eigenvalue weighted by Gasteiger charge is 2.31. The molecule has 0 bridgehead atoms. The summed E-state index contributed by atoms with van der Waals surface area (Å²) in [5, 5.41) is 3.05. The van der Waals surface area contributed by atoms with E-state index in [1.165, 1.54) is 6.42 Å². The average molecular weight is 218 g/mol. The van der Waals surface area contributed by atoms with Gasteiger partial charge in [-0.1, -0.05) is 19.9 Å². The number of amides is 1. The van der Waals surface area contributed by atoms with Crippen LogP contribution in [0.25, 0.3) is 0 Å². The van der Waals surface area contributed by atoms with Gasteiger partial charge >= 0.3 is 0 Å². The molecule has 0 radical (unpaired) electrons. The van der Waals surface area contributed by atoms with Crippen molar-refractivity contribution in [1.29, 1.82) is 0 Å². The second-order valence-electron chi connectivity index (χ2n) is 5.29. The van der Waals surface area contributed by atoms with Crippen molar-refractivity contribution in [2.75, 3.05) is 0 Å². The Morgan fingerprint density at radius 1 is 1.50 bits per heavy atom. The summed E-state index contributed by atoms with van der Waals surface area (Å²) < 4.78 is 0. The lowest BCUT2D eigenvalue weighted by Crippen LogP contribution is -2.33. The van der Waals surface area contributed by atoms with Crippen molar-refractivity contribution in [3.8, 4) is 0 Å². The van der Waals surface area contributed by atoms with Crippen molar-refractivity contribution in [3.05, 3.63) is 30.1 Å². The summed E-state index contributed by atoms with van der Waals surface area (Å²) in [7, 11) is 0. The third-order valence-corrected chi connectivity index (χ3v) is 3.20. The molecule has 1 saturated carbocycles. The van der Waals surface area contributed by atoms with Gasteiger partial charge in [0.05, 0.1) is 0 Å². The third-order valence-electron chi connectivity index (χ3n) is 3.20. The molecule has 0 saturated heterocycles. The van der Waals surface area contributed by atoms with Crippen LogP contribution in [0.2, 0.25) is 0 Å². The first-order valence-corrected chi connectivity index (χ1v) is 5.79. The zero-order chi connectivity index (χ0) is 11.6. The van der Waals surface area contributed by atoms with E-state index >= 15 is 0 Å². The predicted molar refractivity (Wildman–Crippen MR) is 63.1 cm³/mol. The first-order chi connectivity index (χ1) is 7.57. The van der Waals surface area contributed by atoms with Gasteiger partial charge in [-0.3, -0.25) is 9.78 Å². The van der Waals surface area contributed by atoms with Crippen molar-refractivity contribution >= 4 is 5.91 Å². The number of carbonyl (C=O) groups excluding carboxylic acids is 1. The maximum absolute atomic E-state index is 11.8. The molecule has 0 aliphatic heterocycles. The van der Waals surface area contributed by atoms with Gasteiger partial charge < -0.3 is 5.32 Å². The molecule has 1 fully saturated rings. The molecule has 2 rings (SSSR count). The van der Waals surface area contributed by atoms with Crippen LogP contribution in [0.4, 0.5) is 0 Å². The molecule has 1 aliphatic carbocycles. The van der Waals surface area contributed by atoms with Gasteiger partial charge in [0.15, 0.2) is 0 Å². The fourth-order valence-electron chi connectivity index (χ4n) is 2.32. The van der Waals surface area contributed by atoms with Crippen molar-refractivity contribution in [2.24, 2.45) is 5.41 Å². The lowest BCUT2D eigenvalue weighted by atomic mass is 9.92. The number of pyridine rings is 1. The topological polar surface area (TPSA) is 42.0 Å². The van der Waals surface area contributed by atoms with Crippen LogP contribution in [0.15, 0.2) is 24.4 Å². The fourth-order valence-corrected chi connectivity index (χ4v) is 2.32. The predicted octanol–water partition coefficient (Wildman–Crippen LogP) is 2.39. The Balaban J connectivity index is 1.94. The lowest BCUT2D eigenvalue weighted by molar-refractivity contribution is 0.0931. The van der Waals surface area contributed by atoms with Crippen LogP contribution in [0.1, 0.15) is 43.6 Å². The molecule has 1 heterocycles. The summed E-state index contributed by atoms with van der Waals surface area (Å²) >= 11 is 0. The summed E-state index contributed by atoms with van der Waals surface area (Å²) in [5.41, 5.74) is 0.870. The number of hydrogen-bond donors (Lipinski definition) is 1. The number of nitrogens with one attached hydrogen (secondary N) is 1. The van der Waals surface area contributed by atoms with Gasteiger partial charge in [0, 0.05) is 12.2 Å². The highest BCUT2D eigenvalue weighted by Crippen LogP contribution is 2.36. The second kappa shape index (κ2) is 4.24. The zero-order valence-corrected chi connectivity index (χ0v) is 9.86. The monoisotopic (exact) mass is 218 g/mol. The van der Waals surface area contributed by atoms with E-state index < -0.39 is 0 Å². The fraction of sp³-hybridized carbons (Fsp3) is 0.538. The molecule has 1 unspecified atom stereocenters. The van der Waals surface area contributed by atoms with E-state index in [1.807, 2.05) is 12.1 Å². The normalized spacial score (nSPS) is 23.0. The molecule has 0 aromatic carbocycles. The standard InChI is InChI=1S/C13H18N2O/c1-13(2)7-6-10(9-13)15-12(16)11-5-3-4-8-14-11/h3-5,8,10H,6-7,9H2,1-2H3,(H,15,16). The molecular formula is C13H18N2O. The molecule has 16 heavy (non-hydrogen) atoms. The van der Waals surface area contributed by atoms with Gasteiger partial charge in [0.2, 0.25) is 0 Å². The SMILES string of the molecule is CC1(C)CCC(NC(=O)c2ccccn2)C1. The maximum Gasteiger partial charge on any atom is 0.270 e. The van der Waals surface area contributed by atoms with Crippen LogP contribution >= 0.6 is 0 Å². The number of carbonyl (C=O) groups is 1. The van der Waals surface area contributed by atoms with Crippen molar-refractivity contribution < 1.29 is 4.79 Å². The van der Waals surface area contributed by atoms with E-state index in [1.54, 1.807) is 12.3 Å². The minimum Gasteiger partial charge on any atom is -0.348 e. The minimum atomic E-state index is -0.0525. The third kappa shape index (κ3) is 2.60. The highest BCUT2D eigenvalue weighted by atomic mass is 16.1. The van der Waals surface area contributed by atoms with E-state index in [0.29, 0.717) is 17.2 Å². The van der Waals surface area contributed by atoms with Crippen LogP contribution < -0.4 is 5.32 Å². The zero-order valence-electron chi connectivity index (χ0n) is 9.86. The van der Waals surface area contributed by atoms with E-state index in [0.717, 1.165) is 12.8 Å². The molecular weight excluding hydrogens is 200 g/mol. The molecule has 3 nitrogen and oxygen atoms in total. The second-order valence-corrected chi connectivity index (χ2v) is 5.29. The van der Waals surface area contributed by atoms with Crippen molar-refractivity contribution in [1.82, 2.24) is 10.3 Å². The van der Waals surface area contributed by atoms with Gasteiger partial charge in [-0.2, -0.15) is 0 Å². The van der Waals surface area contributed by atoms with Gasteiger partial charge in [-0.05, 0) is 36.8 Å². The van der Waals surface area contributed by atoms with Crippen LogP contribution in [-0.4, -0.2) is 16.9 Å². The average Bonchev–Trinajstić information content (AvgIpc) is 2.59. The van der Waals surface area contributed by atoms with Crippen molar-refractivity contribution in [2.45, 2.75) is 39.2 Å². The maximum atomic E-state index is 11.8. The van der Waals surface area contributed by atoms with Gasteiger partial charge in [0.25, 0.3) is 5.91 Å². The molecule has 0 spiro atoms. The van der Waals surface area contributed by atoms with Crippen LogP contribution in [-0.2, 0) is 0 Å². The van der Waals surface area contributed by atoms with Crippen LogP contribution in [0, 0.1) is 5.41 Å². The minimum absolute atomic E-state index is 0.0525. The molecule has 1 aromatic heterocycles. The number of rotatable bonds is 2. The van der Waals surface area contributed by atoms with Crippen LogP contribution in [0.5, 0.6) is 0 Å². The first-order valence-electron chi connectivity index (χ1n) is 5.79. The largest absolute Gasteiger partial charge is 0.348 e. The van der Waals surface area contributed by atoms with E-state index in [4.69, 9.17) is 0 Å². The Kier molecular flexibility index (Phi) is 2.95.